The summed E-state index contributed by atoms with van der Waals surface area (Å²) in [4.78, 5) is 8.80. The van der Waals surface area contributed by atoms with Crippen LogP contribution in [0.15, 0.2) is 17.0 Å². The van der Waals surface area contributed by atoms with E-state index >= 15 is 0 Å². The summed E-state index contributed by atoms with van der Waals surface area (Å²) in [5.41, 5.74) is 0. The molecule has 2 aromatic heterocycles. The summed E-state index contributed by atoms with van der Waals surface area (Å²) >= 11 is 3.41. The number of nitrogens with zero attached hydrogens (tertiary/aromatic N) is 5. The van der Waals surface area contributed by atoms with Gasteiger partial charge in [0.15, 0.2) is 0 Å². The molecule has 2 aromatic rings. The Hall–Kier alpha value is -1.50. The van der Waals surface area contributed by atoms with Crippen LogP contribution in [-0.2, 0) is 19.9 Å². The van der Waals surface area contributed by atoms with E-state index in [0.29, 0.717) is 0 Å². The predicted molar refractivity (Wildman–Crippen MR) is 76.9 cm³/mol. The van der Waals surface area contributed by atoms with Crippen molar-refractivity contribution in [2.75, 3.05) is 11.9 Å². The maximum atomic E-state index is 4.47. The van der Waals surface area contributed by atoms with E-state index in [9.17, 15) is 0 Å². The molecule has 102 valence electrons. The lowest BCUT2D eigenvalue weighted by Crippen LogP contribution is -2.10. The Morgan fingerprint density at radius 3 is 2.84 bits per heavy atom. The van der Waals surface area contributed by atoms with Crippen molar-refractivity contribution < 1.29 is 0 Å². The average Bonchev–Trinajstić information content (AvgIpc) is 2.75. The molecule has 0 amide bonds. The minimum absolute atomic E-state index is 0.765. The van der Waals surface area contributed by atoms with Crippen LogP contribution in [0.3, 0.4) is 0 Å². The molecule has 19 heavy (non-hydrogen) atoms. The molecule has 0 aliphatic rings. The summed E-state index contributed by atoms with van der Waals surface area (Å²) in [6.07, 6.45) is 4.43. The molecule has 0 aliphatic carbocycles. The van der Waals surface area contributed by atoms with Gasteiger partial charge in [0.05, 0.1) is 0 Å². The number of aryl methyl sites for hydroxylation is 2. The van der Waals surface area contributed by atoms with Gasteiger partial charge in [-0.3, -0.25) is 0 Å². The van der Waals surface area contributed by atoms with Crippen molar-refractivity contribution in [1.82, 2.24) is 24.7 Å². The summed E-state index contributed by atoms with van der Waals surface area (Å²) in [5, 5.41) is 11.2. The number of rotatable bonds is 6. The van der Waals surface area contributed by atoms with Crippen molar-refractivity contribution in [1.29, 1.82) is 0 Å². The van der Waals surface area contributed by atoms with E-state index in [4.69, 9.17) is 0 Å². The van der Waals surface area contributed by atoms with Gasteiger partial charge in [-0.25, -0.2) is 9.97 Å². The average molecular weight is 325 g/mol. The van der Waals surface area contributed by atoms with Crippen LogP contribution in [0.1, 0.15) is 25.0 Å². The van der Waals surface area contributed by atoms with Gasteiger partial charge < -0.3 is 9.88 Å². The zero-order valence-corrected chi connectivity index (χ0v) is 12.7. The predicted octanol–water partition coefficient (Wildman–Crippen LogP) is 1.97. The number of anilines is 1. The lowest BCUT2D eigenvalue weighted by molar-refractivity contribution is 0.784. The Morgan fingerprint density at radius 1 is 1.32 bits per heavy atom. The van der Waals surface area contributed by atoms with Crippen molar-refractivity contribution in [3.8, 4) is 0 Å². The number of aromatic nitrogens is 5. The van der Waals surface area contributed by atoms with Crippen LogP contribution in [0, 0.1) is 0 Å². The molecule has 1 N–H and O–H groups in total. The first-order valence-corrected chi connectivity index (χ1v) is 7.08. The first-order chi connectivity index (χ1) is 9.19. The number of halogens is 1. The molecule has 6 nitrogen and oxygen atoms in total. The van der Waals surface area contributed by atoms with Crippen molar-refractivity contribution in [2.24, 2.45) is 7.05 Å². The Balaban J connectivity index is 1.94. The smallest absolute Gasteiger partial charge is 0.134 e. The quantitative estimate of drug-likeness (QED) is 0.823. The summed E-state index contributed by atoms with van der Waals surface area (Å²) in [5.74, 6) is 2.65. The van der Waals surface area contributed by atoms with Gasteiger partial charge >= 0.3 is 0 Å². The summed E-state index contributed by atoms with van der Waals surface area (Å²) in [6.45, 7) is 2.88. The van der Waals surface area contributed by atoms with Crippen molar-refractivity contribution in [3.63, 3.8) is 0 Å². The van der Waals surface area contributed by atoms with Gasteiger partial charge in [0.25, 0.3) is 0 Å². The van der Waals surface area contributed by atoms with E-state index in [0.717, 1.165) is 47.9 Å². The molecule has 2 heterocycles. The summed E-state index contributed by atoms with van der Waals surface area (Å²) in [6, 6.07) is 1.88. The molecule has 0 fully saturated rings. The molecule has 0 radical (unpaired) electrons. The van der Waals surface area contributed by atoms with E-state index in [1.54, 1.807) is 6.33 Å². The highest BCUT2D eigenvalue weighted by atomic mass is 79.9. The third-order valence-corrected chi connectivity index (χ3v) is 3.08. The van der Waals surface area contributed by atoms with Crippen LogP contribution < -0.4 is 5.32 Å². The van der Waals surface area contributed by atoms with Crippen molar-refractivity contribution >= 4 is 21.7 Å². The van der Waals surface area contributed by atoms with E-state index in [-0.39, 0.29) is 0 Å². The Kier molecular flexibility index (Phi) is 4.84. The molecule has 0 aliphatic heterocycles. The van der Waals surface area contributed by atoms with E-state index in [1.807, 2.05) is 17.7 Å². The van der Waals surface area contributed by atoms with Gasteiger partial charge in [0.1, 0.15) is 28.4 Å². The van der Waals surface area contributed by atoms with Gasteiger partial charge in [-0.15, -0.1) is 10.2 Å². The number of nitrogens with one attached hydrogen (secondary N) is 1. The number of hydrogen-bond donors (Lipinski definition) is 1. The van der Waals surface area contributed by atoms with Crippen LogP contribution in [0.4, 0.5) is 5.82 Å². The first-order valence-electron chi connectivity index (χ1n) is 6.29. The molecule has 0 unspecified atom stereocenters. The largest absolute Gasteiger partial charge is 0.369 e. The van der Waals surface area contributed by atoms with Crippen molar-refractivity contribution in [2.45, 2.75) is 26.2 Å². The minimum atomic E-state index is 0.765. The van der Waals surface area contributed by atoms with Crippen LogP contribution in [0.25, 0.3) is 0 Å². The molecule has 7 heteroatoms. The molecular formula is C12H17BrN6. The highest BCUT2D eigenvalue weighted by Crippen LogP contribution is 2.13. The topological polar surface area (TPSA) is 68.5 Å². The summed E-state index contributed by atoms with van der Waals surface area (Å²) < 4.78 is 2.73. The fourth-order valence-electron chi connectivity index (χ4n) is 1.73. The molecule has 0 bridgehead atoms. The summed E-state index contributed by atoms with van der Waals surface area (Å²) in [7, 11) is 1.94. The fourth-order valence-corrected chi connectivity index (χ4v) is 2.15. The van der Waals surface area contributed by atoms with Crippen molar-refractivity contribution in [3.05, 3.63) is 28.6 Å². The molecule has 0 aromatic carbocycles. The normalized spacial score (nSPS) is 10.7. The van der Waals surface area contributed by atoms with Gasteiger partial charge in [-0.2, -0.15) is 0 Å². The second-order valence-electron chi connectivity index (χ2n) is 4.28. The van der Waals surface area contributed by atoms with Gasteiger partial charge in [0.2, 0.25) is 0 Å². The van der Waals surface area contributed by atoms with Crippen LogP contribution in [-0.4, -0.2) is 31.3 Å². The highest BCUT2D eigenvalue weighted by molar-refractivity contribution is 9.10. The minimum Gasteiger partial charge on any atom is -0.369 e. The molecule has 2 rings (SSSR count). The second-order valence-corrected chi connectivity index (χ2v) is 5.09. The lowest BCUT2D eigenvalue weighted by atomic mass is 10.3. The maximum Gasteiger partial charge on any atom is 0.134 e. The molecule has 0 spiro atoms. The third kappa shape index (κ3) is 3.99. The van der Waals surface area contributed by atoms with Crippen LogP contribution in [0.5, 0.6) is 0 Å². The van der Waals surface area contributed by atoms with Gasteiger partial charge in [-0.1, -0.05) is 6.92 Å². The van der Waals surface area contributed by atoms with E-state index < -0.39 is 0 Å². The standard InChI is InChI=1S/C12H17BrN6/c1-3-4-10-16-9(13)7-11(17-10)14-6-5-12-18-15-8-19(12)2/h7-8H,3-6H2,1-2H3,(H,14,16,17). The SMILES string of the molecule is CCCc1nc(Br)cc(NCCc2nncn2C)n1. The zero-order valence-electron chi connectivity index (χ0n) is 11.1. The second kappa shape index (κ2) is 6.60. The Bertz CT molecular complexity index is 539. The molecule has 0 atom stereocenters. The lowest BCUT2D eigenvalue weighted by Gasteiger charge is -2.07. The van der Waals surface area contributed by atoms with Gasteiger partial charge in [-0.05, 0) is 22.4 Å². The molecule has 0 saturated heterocycles. The first kappa shape index (κ1) is 13.9. The maximum absolute atomic E-state index is 4.47. The Labute approximate surface area is 120 Å². The molecule has 0 saturated carbocycles. The van der Waals surface area contributed by atoms with E-state index in [1.165, 1.54) is 0 Å². The van der Waals surface area contributed by atoms with E-state index in [2.05, 4.69) is 48.3 Å². The number of hydrogen-bond acceptors (Lipinski definition) is 5. The third-order valence-electron chi connectivity index (χ3n) is 2.67. The van der Waals surface area contributed by atoms with Crippen LogP contribution >= 0.6 is 15.9 Å². The molecular weight excluding hydrogens is 308 g/mol. The van der Waals surface area contributed by atoms with Crippen LogP contribution in [0.2, 0.25) is 0 Å². The fraction of sp³-hybridized carbons (Fsp3) is 0.500. The zero-order chi connectivity index (χ0) is 13.7. The highest BCUT2D eigenvalue weighted by Gasteiger charge is 2.04. The monoisotopic (exact) mass is 324 g/mol. The Morgan fingerprint density at radius 2 is 2.16 bits per heavy atom. The van der Waals surface area contributed by atoms with Gasteiger partial charge in [0, 0.05) is 32.5 Å².